The molecule has 0 aromatic heterocycles. The van der Waals surface area contributed by atoms with Crippen molar-refractivity contribution in [2.75, 3.05) is 7.05 Å². The van der Waals surface area contributed by atoms with Crippen LogP contribution in [-0.4, -0.2) is 23.7 Å². The lowest BCUT2D eigenvalue weighted by molar-refractivity contribution is 0.147. The summed E-state index contributed by atoms with van der Waals surface area (Å²) in [4.78, 5) is 2.42. The summed E-state index contributed by atoms with van der Waals surface area (Å²) in [5.41, 5.74) is 12.8. The van der Waals surface area contributed by atoms with Crippen LogP contribution < -0.4 is 11.5 Å². The Balaban J connectivity index is 1.87. The molecule has 1 fully saturated rings. The zero-order chi connectivity index (χ0) is 12.3. The molecule has 3 heteroatoms. The Kier molecular flexibility index (Phi) is 3.82. The maximum absolute atomic E-state index is 5.95. The Morgan fingerprint density at radius 1 is 1.18 bits per heavy atom. The van der Waals surface area contributed by atoms with Crippen molar-refractivity contribution in [3.63, 3.8) is 0 Å². The molecule has 1 aliphatic rings. The van der Waals surface area contributed by atoms with E-state index in [4.69, 9.17) is 11.5 Å². The Hall–Kier alpha value is -0.900. The van der Waals surface area contributed by atoms with Gasteiger partial charge >= 0.3 is 0 Å². The van der Waals surface area contributed by atoms with Gasteiger partial charge in [0, 0.05) is 12.6 Å². The molecule has 1 aromatic carbocycles. The lowest BCUT2D eigenvalue weighted by Gasteiger charge is -2.38. The number of nitrogens with zero attached hydrogens (tertiary/aromatic N) is 1. The topological polar surface area (TPSA) is 55.3 Å². The standard InChI is InChI=1S/C14H23N3/c1-17(11-12-5-3-2-4-6-12)13-7-9-14(15,16)10-8-13/h2-6,13H,7-11,15-16H2,1H3. The molecular weight excluding hydrogens is 210 g/mol. The molecule has 0 aliphatic heterocycles. The summed E-state index contributed by atoms with van der Waals surface area (Å²) in [5, 5.41) is 0. The van der Waals surface area contributed by atoms with E-state index in [2.05, 4.69) is 42.3 Å². The van der Waals surface area contributed by atoms with Crippen molar-refractivity contribution in [3.05, 3.63) is 35.9 Å². The van der Waals surface area contributed by atoms with E-state index in [9.17, 15) is 0 Å². The Morgan fingerprint density at radius 3 is 2.35 bits per heavy atom. The number of hydrogen-bond acceptors (Lipinski definition) is 3. The van der Waals surface area contributed by atoms with Crippen LogP contribution in [0.15, 0.2) is 30.3 Å². The summed E-state index contributed by atoms with van der Waals surface area (Å²) in [7, 11) is 2.19. The molecule has 1 aromatic rings. The summed E-state index contributed by atoms with van der Waals surface area (Å²) < 4.78 is 0. The van der Waals surface area contributed by atoms with Crippen molar-refractivity contribution in [3.8, 4) is 0 Å². The molecule has 0 bridgehead atoms. The molecule has 0 unspecified atom stereocenters. The minimum atomic E-state index is -0.427. The third-order valence-corrected chi connectivity index (χ3v) is 3.78. The van der Waals surface area contributed by atoms with E-state index in [0.717, 1.165) is 32.2 Å². The average molecular weight is 233 g/mol. The van der Waals surface area contributed by atoms with Gasteiger partial charge in [-0.05, 0) is 38.3 Å². The van der Waals surface area contributed by atoms with Crippen LogP contribution in [0.25, 0.3) is 0 Å². The quantitative estimate of drug-likeness (QED) is 0.781. The normalized spacial score (nSPS) is 20.7. The number of nitrogens with two attached hydrogens (primary N) is 2. The first kappa shape index (κ1) is 12.6. The first-order valence-electron chi connectivity index (χ1n) is 6.39. The molecule has 0 saturated heterocycles. The van der Waals surface area contributed by atoms with E-state index in [0.29, 0.717) is 6.04 Å². The Morgan fingerprint density at radius 2 is 1.76 bits per heavy atom. The minimum absolute atomic E-state index is 0.427. The van der Waals surface area contributed by atoms with Gasteiger partial charge in [-0.1, -0.05) is 30.3 Å². The van der Waals surface area contributed by atoms with Crippen LogP contribution in [-0.2, 0) is 6.54 Å². The fraction of sp³-hybridized carbons (Fsp3) is 0.571. The zero-order valence-electron chi connectivity index (χ0n) is 10.6. The summed E-state index contributed by atoms with van der Waals surface area (Å²) in [6, 6.07) is 11.2. The van der Waals surface area contributed by atoms with Gasteiger partial charge in [-0.25, -0.2) is 0 Å². The van der Waals surface area contributed by atoms with Gasteiger partial charge in [0.25, 0.3) is 0 Å². The largest absolute Gasteiger partial charge is 0.313 e. The molecule has 0 radical (unpaired) electrons. The zero-order valence-corrected chi connectivity index (χ0v) is 10.6. The van der Waals surface area contributed by atoms with E-state index in [1.807, 2.05) is 0 Å². The molecule has 0 heterocycles. The molecule has 94 valence electrons. The molecule has 0 atom stereocenters. The molecular formula is C14H23N3. The second kappa shape index (κ2) is 5.17. The van der Waals surface area contributed by atoms with Crippen molar-refractivity contribution in [2.24, 2.45) is 11.5 Å². The molecule has 1 saturated carbocycles. The van der Waals surface area contributed by atoms with Gasteiger partial charge in [-0.3, -0.25) is 4.90 Å². The maximum Gasteiger partial charge on any atom is 0.0637 e. The second-order valence-electron chi connectivity index (χ2n) is 5.37. The molecule has 2 rings (SSSR count). The summed E-state index contributed by atoms with van der Waals surface area (Å²) in [6.45, 7) is 1.01. The molecule has 4 N–H and O–H groups in total. The van der Waals surface area contributed by atoms with Crippen molar-refractivity contribution < 1.29 is 0 Å². The molecule has 3 nitrogen and oxygen atoms in total. The van der Waals surface area contributed by atoms with Gasteiger partial charge in [0.05, 0.1) is 5.66 Å². The predicted molar refractivity (Wildman–Crippen MR) is 71.3 cm³/mol. The number of rotatable bonds is 3. The monoisotopic (exact) mass is 233 g/mol. The smallest absolute Gasteiger partial charge is 0.0637 e. The van der Waals surface area contributed by atoms with Gasteiger partial charge in [0.1, 0.15) is 0 Å². The number of hydrogen-bond donors (Lipinski definition) is 2. The lowest BCUT2D eigenvalue weighted by atomic mass is 9.86. The average Bonchev–Trinajstić information content (AvgIpc) is 2.30. The SMILES string of the molecule is CN(Cc1ccccc1)C1CCC(N)(N)CC1. The van der Waals surface area contributed by atoms with Gasteiger partial charge in [-0.15, -0.1) is 0 Å². The van der Waals surface area contributed by atoms with Crippen molar-refractivity contribution in [1.82, 2.24) is 4.90 Å². The third-order valence-electron chi connectivity index (χ3n) is 3.78. The van der Waals surface area contributed by atoms with Crippen molar-refractivity contribution in [2.45, 2.75) is 43.9 Å². The molecule has 0 amide bonds. The van der Waals surface area contributed by atoms with E-state index in [1.54, 1.807) is 0 Å². The highest BCUT2D eigenvalue weighted by molar-refractivity contribution is 5.14. The molecule has 0 spiro atoms. The first-order valence-corrected chi connectivity index (χ1v) is 6.39. The summed E-state index contributed by atoms with van der Waals surface area (Å²) >= 11 is 0. The third kappa shape index (κ3) is 3.53. The first-order chi connectivity index (χ1) is 8.07. The highest BCUT2D eigenvalue weighted by atomic mass is 15.1. The van der Waals surface area contributed by atoms with Crippen LogP contribution in [0.1, 0.15) is 31.2 Å². The van der Waals surface area contributed by atoms with Crippen molar-refractivity contribution in [1.29, 1.82) is 0 Å². The summed E-state index contributed by atoms with van der Waals surface area (Å²) in [6.07, 6.45) is 4.07. The molecule has 1 aliphatic carbocycles. The van der Waals surface area contributed by atoms with Gasteiger partial charge < -0.3 is 11.5 Å². The predicted octanol–water partition coefficient (Wildman–Crippen LogP) is 1.67. The van der Waals surface area contributed by atoms with Crippen LogP contribution in [0.3, 0.4) is 0 Å². The Bertz CT molecular complexity index is 338. The van der Waals surface area contributed by atoms with Gasteiger partial charge in [-0.2, -0.15) is 0 Å². The van der Waals surface area contributed by atoms with Crippen LogP contribution in [0.4, 0.5) is 0 Å². The number of benzene rings is 1. The van der Waals surface area contributed by atoms with Gasteiger partial charge in [0.2, 0.25) is 0 Å². The second-order valence-corrected chi connectivity index (χ2v) is 5.37. The van der Waals surface area contributed by atoms with Crippen LogP contribution in [0.5, 0.6) is 0 Å². The fourth-order valence-electron chi connectivity index (χ4n) is 2.58. The van der Waals surface area contributed by atoms with Crippen molar-refractivity contribution >= 4 is 0 Å². The van der Waals surface area contributed by atoms with E-state index < -0.39 is 5.66 Å². The minimum Gasteiger partial charge on any atom is -0.313 e. The van der Waals surface area contributed by atoms with E-state index in [-0.39, 0.29) is 0 Å². The van der Waals surface area contributed by atoms with E-state index in [1.165, 1.54) is 5.56 Å². The highest BCUT2D eigenvalue weighted by Gasteiger charge is 2.29. The van der Waals surface area contributed by atoms with E-state index >= 15 is 0 Å². The van der Waals surface area contributed by atoms with Crippen LogP contribution in [0.2, 0.25) is 0 Å². The maximum atomic E-state index is 5.95. The van der Waals surface area contributed by atoms with Crippen LogP contribution in [0, 0.1) is 0 Å². The van der Waals surface area contributed by atoms with Crippen LogP contribution >= 0.6 is 0 Å². The fourth-order valence-corrected chi connectivity index (χ4v) is 2.58. The highest BCUT2D eigenvalue weighted by Crippen LogP contribution is 2.26. The lowest BCUT2D eigenvalue weighted by Crippen LogP contribution is -2.54. The molecule has 17 heavy (non-hydrogen) atoms. The Labute approximate surface area is 104 Å². The van der Waals surface area contributed by atoms with Gasteiger partial charge in [0.15, 0.2) is 0 Å². The summed E-state index contributed by atoms with van der Waals surface area (Å²) in [5.74, 6) is 0.